The molecule has 40 heavy (non-hydrogen) atoms. The molecule has 0 aliphatic rings. The number of carbonyl (C=O) groups excluding carboxylic acids is 4. The van der Waals surface area contributed by atoms with E-state index in [-0.39, 0.29) is 22.3 Å². The highest BCUT2D eigenvalue weighted by Gasteiger charge is 2.19. The van der Waals surface area contributed by atoms with E-state index in [9.17, 15) is 19.2 Å². The summed E-state index contributed by atoms with van der Waals surface area (Å²) in [6.45, 7) is 9.56. The fourth-order valence-corrected chi connectivity index (χ4v) is 3.23. The highest BCUT2D eigenvalue weighted by molar-refractivity contribution is 6.03. The van der Waals surface area contributed by atoms with Gasteiger partial charge in [-0.1, -0.05) is 77.6 Å². The largest absolute Gasteiger partial charge is 0.462 e. The Labute approximate surface area is 238 Å². The van der Waals surface area contributed by atoms with Crippen LogP contribution in [0.5, 0.6) is 0 Å². The smallest absolute Gasteiger partial charge is 0.339 e. The maximum Gasteiger partial charge on any atom is 0.339 e. The second-order valence-electron chi connectivity index (χ2n) is 9.05. The number of esters is 4. The molecule has 0 spiro atoms. The van der Waals surface area contributed by atoms with Crippen LogP contribution in [0.3, 0.4) is 0 Å². The van der Waals surface area contributed by atoms with Gasteiger partial charge in [0.05, 0.1) is 48.7 Å². The number of benzene rings is 2. The first-order valence-electron chi connectivity index (χ1n) is 14.3. The Balaban J connectivity index is 0.000000400. The van der Waals surface area contributed by atoms with Gasteiger partial charge in [-0.05, 0) is 49.9 Å². The minimum atomic E-state index is -0.471. The number of unbranched alkanes of at least 4 members (excludes halogenated alkanes) is 4. The van der Waals surface area contributed by atoms with E-state index in [1.54, 1.807) is 48.5 Å². The predicted molar refractivity (Wildman–Crippen MR) is 154 cm³/mol. The van der Waals surface area contributed by atoms with Gasteiger partial charge in [0.2, 0.25) is 0 Å². The molecule has 220 valence electrons. The van der Waals surface area contributed by atoms with Gasteiger partial charge in [-0.3, -0.25) is 0 Å². The van der Waals surface area contributed by atoms with Gasteiger partial charge < -0.3 is 18.9 Å². The van der Waals surface area contributed by atoms with Crippen molar-refractivity contribution in [2.75, 3.05) is 26.4 Å². The van der Waals surface area contributed by atoms with E-state index < -0.39 is 23.9 Å². The van der Waals surface area contributed by atoms with Gasteiger partial charge in [0.25, 0.3) is 0 Å². The minimum absolute atomic E-state index is 0.269. The summed E-state index contributed by atoms with van der Waals surface area (Å²) >= 11 is 0. The first kappa shape index (κ1) is 34.3. The second-order valence-corrected chi connectivity index (χ2v) is 9.05. The van der Waals surface area contributed by atoms with Crippen molar-refractivity contribution >= 4 is 23.9 Å². The number of hydrogen-bond donors (Lipinski definition) is 0. The zero-order chi connectivity index (χ0) is 29.6. The van der Waals surface area contributed by atoms with E-state index in [1.807, 2.05) is 27.7 Å². The highest BCUT2D eigenvalue weighted by Crippen LogP contribution is 2.14. The molecule has 2 aromatic rings. The van der Waals surface area contributed by atoms with Crippen LogP contribution in [0.25, 0.3) is 0 Å². The van der Waals surface area contributed by atoms with Crippen LogP contribution in [0, 0.1) is 0 Å². The summed E-state index contributed by atoms with van der Waals surface area (Å²) in [6, 6.07) is 13.2. The van der Waals surface area contributed by atoms with E-state index >= 15 is 0 Å². The third-order valence-electron chi connectivity index (χ3n) is 5.66. The fraction of sp³-hybridized carbons (Fsp3) is 0.500. The lowest BCUT2D eigenvalue weighted by Crippen LogP contribution is -2.14. The zero-order valence-electron chi connectivity index (χ0n) is 24.4. The molecule has 0 radical (unpaired) electrons. The third-order valence-corrected chi connectivity index (χ3v) is 5.66. The zero-order valence-corrected chi connectivity index (χ0v) is 24.4. The molecule has 0 fully saturated rings. The number of ether oxygens (including phenoxy) is 4. The summed E-state index contributed by atoms with van der Waals surface area (Å²) in [4.78, 5) is 47.8. The molecule has 0 N–H and O–H groups in total. The normalized spacial score (nSPS) is 10.1. The van der Waals surface area contributed by atoms with Crippen LogP contribution in [-0.4, -0.2) is 50.3 Å². The molecule has 0 aromatic heterocycles. The Morgan fingerprint density at radius 2 is 0.625 bits per heavy atom. The van der Waals surface area contributed by atoms with E-state index in [0.717, 1.165) is 51.4 Å². The van der Waals surface area contributed by atoms with E-state index in [1.165, 1.54) is 0 Å². The Kier molecular flexibility index (Phi) is 18.2. The highest BCUT2D eigenvalue weighted by atomic mass is 16.5. The van der Waals surface area contributed by atoms with Crippen LogP contribution in [0.1, 0.15) is 120 Å². The molecule has 8 nitrogen and oxygen atoms in total. The molecular weight excluding hydrogens is 512 g/mol. The quantitative estimate of drug-likeness (QED) is 0.121. The number of carbonyl (C=O) groups is 4. The molecule has 0 heterocycles. The van der Waals surface area contributed by atoms with Gasteiger partial charge in [-0.25, -0.2) is 19.2 Å². The molecule has 2 rings (SSSR count). The van der Waals surface area contributed by atoms with Crippen LogP contribution >= 0.6 is 0 Å². The first-order chi connectivity index (χ1) is 19.4. The van der Waals surface area contributed by atoms with E-state index in [4.69, 9.17) is 18.9 Å². The van der Waals surface area contributed by atoms with Crippen molar-refractivity contribution < 1.29 is 38.1 Å². The van der Waals surface area contributed by atoms with Gasteiger partial charge in [0, 0.05) is 0 Å². The second kappa shape index (κ2) is 21.2. The molecule has 8 heteroatoms. The van der Waals surface area contributed by atoms with Crippen LogP contribution in [0.4, 0.5) is 0 Å². The molecule has 0 amide bonds. The lowest BCUT2D eigenvalue weighted by Gasteiger charge is -2.09. The van der Waals surface area contributed by atoms with E-state index in [2.05, 4.69) is 0 Å². The molecule has 0 aliphatic heterocycles. The summed E-state index contributed by atoms with van der Waals surface area (Å²) < 4.78 is 20.6. The Morgan fingerprint density at radius 3 is 0.800 bits per heavy atom. The van der Waals surface area contributed by atoms with Crippen molar-refractivity contribution in [1.29, 1.82) is 0 Å². The van der Waals surface area contributed by atoms with Crippen LogP contribution < -0.4 is 0 Å². The van der Waals surface area contributed by atoms with Crippen molar-refractivity contribution in [3.8, 4) is 0 Å². The van der Waals surface area contributed by atoms with Gasteiger partial charge in [-0.2, -0.15) is 0 Å². The van der Waals surface area contributed by atoms with Gasteiger partial charge in [-0.15, -0.1) is 0 Å². The van der Waals surface area contributed by atoms with Gasteiger partial charge in [0.15, 0.2) is 0 Å². The van der Waals surface area contributed by atoms with Crippen molar-refractivity contribution in [3.05, 3.63) is 70.8 Å². The molecule has 0 aliphatic carbocycles. The number of rotatable bonds is 16. The molecule has 0 saturated heterocycles. The molecule has 0 saturated carbocycles. The maximum atomic E-state index is 11.9. The monoisotopic (exact) mass is 556 g/mol. The molecule has 2 aromatic carbocycles. The summed E-state index contributed by atoms with van der Waals surface area (Å²) in [7, 11) is 0. The maximum absolute atomic E-state index is 11.9. The van der Waals surface area contributed by atoms with Crippen LogP contribution in [0.2, 0.25) is 0 Å². The lowest BCUT2D eigenvalue weighted by atomic mass is 10.1. The average molecular weight is 557 g/mol. The summed E-state index contributed by atoms with van der Waals surface area (Å²) in [5.41, 5.74) is 1.07. The van der Waals surface area contributed by atoms with Crippen molar-refractivity contribution in [2.45, 2.75) is 79.1 Å². The van der Waals surface area contributed by atoms with Gasteiger partial charge in [0.1, 0.15) is 0 Å². The standard InChI is InChI=1S/2C16H22O4/c2*1-3-5-11-19-15(17)13-9-7-8-10-14(13)16(18)20-12-6-4-2/h2*7-10H,3-6,11-12H2,1-2H3. The molecular formula is C32H44O8. The van der Waals surface area contributed by atoms with Crippen LogP contribution in [-0.2, 0) is 18.9 Å². The number of hydrogen-bond acceptors (Lipinski definition) is 8. The topological polar surface area (TPSA) is 105 Å². The van der Waals surface area contributed by atoms with E-state index in [0.29, 0.717) is 26.4 Å². The Bertz CT molecular complexity index is 881. The van der Waals surface area contributed by atoms with Crippen molar-refractivity contribution in [1.82, 2.24) is 0 Å². The average Bonchev–Trinajstić information content (AvgIpc) is 2.97. The van der Waals surface area contributed by atoms with Crippen molar-refractivity contribution in [3.63, 3.8) is 0 Å². The molecule has 0 atom stereocenters. The molecule has 0 bridgehead atoms. The third kappa shape index (κ3) is 12.9. The fourth-order valence-electron chi connectivity index (χ4n) is 3.23. The summed E-state index contributed by atoms with van der Waals surface area (Å²) in [6.07, 6.45) is 7.07. The predicted octanol–water partition coefficient (Wildman–Crippen LogP) is 7.20. The van der Waals surface area contributed by atoms with Gasteiger partial charge >= 0.3 is 23.9 Å². The molecule has 0 unspecified atom stereocenters. The Hall–Kier alpha value is -3.68. The summed E-state index contributed by atoms with van der Waals surface area (Å²) in [5, 5.41) is 0. The van der Waals surface area contributed by atoms with Crippen molar-refractivity contribution in [2.24, 2.45) is 0 Å². The minimum Gasteiger partial charge on any atom is -0.462 e. The lowest BCUT2D eigenvalue weighted by molar-refractivity contribution is 0.0452. The first-order valence-corrected chi connectivity index (χ1v) is 14.3. The Morgan fingerprint density at radius 1 is 0.425 bits per heavy atom. The SMILES string of the molecule is CCCCOC(=O)c1ccccc1C(=O)OCCCC.CCCCOC(=O)c1ccccc1C(=O)OCCCC. The van der Waals surface area contributed by atoms with Crippen LogP contribution in [0.15, 0.2) is 48.5 Å². The summed E-state index contributed by atoms with van der Waals surface area (Å²) in [5.74, 6) is -1.88.